The van der Waals surface area contributed by atoms with Crippen molar-refractivity contribution in [2.24, 2.45) is 0 Å². The van der Waals surface area contributed by atoms with Crippen LogP contribution in [0.4, 0.5) is 4.39 Å². The SMILES string of the molecule is N#C[C@@]1(n2ccc(=O)[nH]c2=O)O[C@](F)(CO)C(O)C1O. The predicted molar refractivity (Wildman–Crippen MR) is 58.9 cm³/mol. The molecule has 1 aromatic rings. The van der Waals surface area contributed by atoms with Crippen LogP contribution in [0.5, 0.6) is 0 Å². The third-order valence-corrected chi connectivity index (χ3v) is 3.02. The van der Waals surface area contributed by atoms with Crippen molar-refractivity contribution in [2.45, 2.75) is 23.8 Å². The molecule has 0 amide bonds. The van der Waals surface area contributed by atoms with Gasteiger partial charge in [-0.15, -0.1) is 0 Å². The molecule has 0 radical (unpaired) electrons. The molecule has 4 N–H and O–H groups in total. The van der Waals surface area contributed by atoms with Crippen molar-refractivity contribution in [3.8, 4) is 6.07 Å². The van der Waals surface area contributed by atoms with E-state index in [2.05, 4.69) is 4.74 Å². The third kappa shape index (κ3) is 1.76. The Labute approximate surface area is 110 Å². The first-order valence-corrected chi connectivity index (χ1v) is 5.40. The molecule has 1 fully saturated rings. The quantitative estimate of drug-likeness (QED) is 0.456. The van der Waals surface area contributed by atoms with Gasteiger partial charge in [0.1, 0.15) is 24.9 Å². The summed E-state index contributed by atoms with van der Waals surface area (Å²) in [5, 5.41) is 37.4. The van der Waals surface area contributed by atoms with Crippen LogP contribution in [0.1, 0.15) is 0 Å². The highest BCUT2D eigenvalue weighted by atomic mass is 19.2. The molecule has 1 aromatic heterocycles. The Hall–Kier alpha value is -2.06. The maximum atomic E-state index is 14.0. The number of alkyl halides is 1. The minimum atomic E-state index is -3.12. The normalized spacial score (nSPS) is 36.8. The average Bonchev–Trinajstić information content (AvgIpc) is 2.62. The van der Waals surface area contributed by atoms with Crippen molar-refractivity contribution in [1.29, 1.82) is 5.26 Å². The number of nitrogens with one attached hydrogen (secondary N) is 1. The fourth-order valence-electron chi connectivity index (χ4n) is 1.97. The maximum Gasteiger partial charge on any atom is 0.331 e. The summed E-state index contributed by atoms with van der Waals surface area (Å²) in [6, 6.07) is 2.23. The van der Waals surface area contributed by atoms with E-state index in [9.17, 15) is 24.2 Å². The van der Waals surface area contributed by atoms with Crippen molar-refractivity contribution < 1.29 is 24.4 Å². The van der Waals surface area contributed by atoms with Gasteiger partial charge in [-0.3, -0.25) is 19.1 Å². The van der Waals surface area contributed by atoms with Gasteiger partial charge in [-0.1, -0.05) is 0 Å². The van der Waals surface area contributed by atoms with Gasteiger partial charge in [-0.2, -0.15) is 5.26 Å². The van der Waals surface area contributed by atoms with Crippen molar-refractivity contribution in [3.05, 3.63) is 33.1 Å². The maximum absolute atomic E-state index is 14.0. The lowest BCUT2D eigenvalue weighted by Gasteiger charge is -2.26. The van der Waals surface area contributed by atoms with Crippen LogP contribution < -0.4 is 11.2 Å². The van der Waals surface area contributed by atoms with Crippen molar-refractivity contribution in [3.63, 3.8) is 0 Å². The van der Waals surface area contributed by atoms with Crippen LogP contribution in [0.15, 0.2) is 21.9 Å². The number of aliphatic hydroxyl groups is 3. The van der Waals surface area contributed by atoms with Crippen LogP contribution in [-0.4, -0.2) is 49.5 Å². The lowest BCUT2D eigenvalue weighted by molar-refractivity contribution is -0.228. The van der Waals surface area contributed by atoms with E-state index in [0.29, 0.717) is 4.57 Å². The Morgan fingerprint density at radius 3 is 2.60 bits per heavy atom. The molecule has 1 aliphatic heterocycles. The van der Waals surface area contributed by atoms with E-state index >= 15 is 0 Å². The van der Waals surface area contributed by atoms with Crippen LogP contribution in [-0.2, 0) is 10.5 Å². The van der Waals surface area contributed by atoms with Crippen molar-refractivity contribution in [2.75, 3.05) is 6.61 Å². The summed E-state index contributed by atoms with van der Waals surface area (Å²) in [7, 11) is 0. The minimum Gasteiger partial charge on any atom is -0.390 e. The summed E-state index contributed by atoms with van der Waals surface area (Å²) < 4.78 is 19.1. The van der Waals surface area contributed by atoms with Crippen LogP contribution >= 0.6 is 0 Å². The number of ether oxygens (including phenoxy) is 1. The Bertz CT molecular complexity index is 681. The average molecular weight is 287 g/mol. The van der Waals surface area contributed by atoms with Crippen molar-refractivity contribution >= 4 is 0 Å². The molecule has 4 atom stereocenters. The summed E-state index contributed by atoms with van der Waals surface area (Å²) in [5.74, 6) is -3.12. The molecule has 0 spiro atoms. The molecule has 20 heavy (non-hydrogen) atoms. The smallest absolute Gasteiger partial charge is 0.331 e. The molecule has 10 heteroatoms. The summed E-state index contributed by atoms with van der Waals surface area (Å²) in [6.07, 6.45) is -3.61. The Morgan fingerprint density at radius 1 is 1.50 bits per heavy atom. The first-order valence-electron chi connectivity index (χ1n) is 5.40. The number of rotatable bonds is 2. The number of aromatic amines is 1. The van der Waals surface area contributed by atoms with Gasteiger partial charge >= 0.3 is 5.69 Å². The van der Waals surface area contributed by atoms with Gasteiger partial charge in [0.2, 0.25) is 0 Å². The van der Waals surface area contributed by atoms with Gasteiger partial charge in [0.05, 0.1) is 0 Å². The van der Waals surface area contributed by atoms with Gasteiger partial charge < -0.3 is 15.3 Å². The van der Waals surface area contributed by atoms with Crippen LogP contribution in [0.3, 0.4) is 0 Å². The zero-order valence-corrected chi connectivity index (χ0v) is 9.86. The number of H-pyrrole nitrogens is 1. The molecular weight excluding hydrogens is 277 g/mol. The standard InChI is InChI=1S/C10H10FN3O6/c11-9(4-15)6(17)7(18)10(3-12,20-9)14-2-1-5(16)13-8(14)19/h1-2,6-7,15,17-18H,4H2,(H,13,16,19)/t6?,7?,9-,10-/m1/s1. The molecular formula is C10H10FN3O6. The topological polar surface area (TPSA) is 149 Å². The molecule has 2 rings (SSSR count). The highest BCUT2D eigenvalue weighted by Gasteiger charge is 2.65. The molecule has 0 bridgehead atoms. The molecule has 1 aliphatic rings. The zero-order chi connectivity index (χ0) is 15.1. The predicted octanol–water partition coefficient (Wildman–Crippen LogP) is -2.88. The lowest BCUT2D eigenvalue weighted by Crippen LogP contribution is -2.50. The zero-order valence-electron chi connectivity index (χ0n) is 9.86. The molecule has 0 aromatic carbocycles. The van der Waals surface area contributed by atoms with E-state index in [1.165, 1.54) is 6.07 Å². The van der Waals surface area contributed by atoms with E-state index in [0.717, 1.165) is 12.3 Å². The third-order valence-electron chi connectivity index (χ3n) is 3.02. The monoisotopic (exact) mass is 287 g/mol. The highest BCUT2D eigenvalue weighted by molar-refractivity contribution is 5.14. The van der Waals surface area contributed by atoms with Gasteiger partial charge in [0.25, 0.3) is 17.1 Å². The molecule has 1 saturated heterocycles. The van der Waals surface area contributed by atoms with E-state index in [1.54, 1.807) is 4.98 Å². The Kier molecular flexibility index (Phi) is 3.23. The largest absolute Gasteiger partial charge is 0.390 e. The fourth-order valence-corrected chi connectivity index (χ4v) is 1.97. The Balaban J connectivity index is 2.65. The number of nitrogens with zero attached hydrogens (tertiary/aromatic N) is 2. The van der Waals surface area contributed by atoms with Gasteiger partial charge in [-0.05, 0) is 0 Å². The number of nitriles is 1. The van der Waals surface area contributed by atoms with E-state index in [4.69, 9.17) is 10.4 Å². The summed E-state index contributed by atoms with van der Waals surface area (Å²) in [4.78, 5) is 24.4. The summed E-state index contributed by atoms with van der Waals surface area (Å²) in [5.41, 5.74) is -4.54. The Morgan fingerprint density at radius 2 is 2.15 bits per heavy atom. The first kappa shape index (κ1) is 14.4. The summed E-state index contributed by atoms with van der Waals surface area (Å²) >= 11 is 0. The van der Waals surface area contributed by atoms with Crippen LogP contribution in [0, 0.1) is 11.3 Å². The number of hydrogen-bond donors (Lipinski definition) is 4. The fraction of sp³-hybridized carbons (Fsp3) is 0.500. The van der Waals surface area contributed by atoms with Gasteiger partial charge in [-0.25, -0.2) is 9.18 Å². The molecule has 108 valence electrons. The molecule has 2 unspecified atom stereocenters. The molecule has 0 saturated carbocycles. The van der Waals surface area contributed by atoms with Crippen molar-refractivity contribution in [1.82, 2.24) is 9.55 Å². The molecule has 9 nitrogen and oxygen atoms in total. The minimum absolute atomic E-state index is 0.430. The number of hydrogen-bond acceptors (Lipinski definition) is 7. The van der Waals surface area contributed by atoms with Gasteiger partial charge in [0.15, 0.2) is 0 Å². The lowest BCUT2D eigenvalue weighted by atomic mass is 10.0. The number of aliphatic hydroxyl groups excluding tert-OH is 3. The summed E-state index contributed by atoms with van der Waals surface area (Å²) in [6.45, 7) is -1.34. The molecule has 0 aliphatic carbocycles. The van der Waals surface area contributed by atoms with E-state index in [-0.39, 0.29) is 0 Å². The van der Waals surface area contributed by atoms with Gasteiger partial charge in [0, 0.05) is 12.3 Å². The first-order chi connectivity index (χ1) is 9.30. The van der Waals surface area contributed by atoms with E-state index < -0.39 is 41.6 Å². The number of aromatic nitrogens is 2. The van der Waals surface area contributed by atoms with E-state index in [1.807, 2.05) is 0 Å². The second-order valence-corrected chi connectivity index (χ2v) is 4.22. The van der Waals surface area contributed by atoms with Crippen LogP contribution in [0.25, 0.3) is 0 Å². The second-order valence-electron chi connectivity index (χ2n) is 4.22. The highest BCUT2D eigenvalue weighted by Crippen LogP contribution is 2.41. The van der Waals surface area contributed by atoms with Crippen LogP contribution in [0.2, 0.25) is 0 Å². The number of halogens is 1. The second kappa shape index (κ2) is 4.50. The molecule has 2 heterocycles.